The second-order valence-corrected chi connectivity index (χ2v) is 8.91. The molecule has 0 saturated heterocycles. The number of esters is 1. The van der Waals surface area contributed by atoms with Crippen LogP contribution in [0.1, 0.15) is 47.1 Å². The number of aromatic amines is 1. The molecule has 7 nitrogen and oxygen atoms in total. The summed E-state index contributed by atoms with van der Waals surface area (Å²) < 4.78 is 32.2. The molecule has 8 heteroatoms. The van der Waals surface area contributed by atoms with Crippen molar-refractivity contribution < 1.29 is 22.7 Å². The van der Waals surface area contributed by atoms with Crippen molar-refractivity contribution in [2.45, 2.75) is 38.1 Å². The number of aromatic nitrogens is 1. The van der Waals surface area contributed by atoms with E-state index >= 15 is 0 Å². The molecule has 0 atom stereocenters. The molecule has 0 fully saturated rings. The molecular formula is C22H24N2O5S. The van der Waals surface area contributed by atoms with Crippen LogP contribution in [0.3, 0.4) is 0 Å². The van der Waals surface area contributed by atoms with Crippen LogP contribution in [0, 0.1) is 0 Å². The summed E-state index contributed by atoms with van der Waals surface area (Å²) in [6.45, 7) is 5.00. The minimum absolute atomic E-state index is 0.0410. The van der Waals surface area contributed by atoms with Gasteiger partial charge in [-0.15, -0.1) is 0 Å². The van der Waals surface area contributed by atoms with E-state index in [-0.39, 0.29) is 22.3 Å². The highest BCUT2D eigenvalue weighted by Gasteiger charge is 2.19. The Bertz CT molecular complexity index is 1200. The van der Waals surface area contributed by atoms with Crippen LogP contribution in [0.4, 0.5) is 0 Å². The van der Waals surface area contributed by atoms with Gasteiger partial charge in [0.25, 0.3) is 0 Å². The SMILES string of the molecule is CCc1cccc2c(C(=O)COC(=O)c3cccc(S(=O)(=O)NC(C)C)c3)c[nH]c12. The summed E-state index contributed by atoms with van der Waals surface area (Å²) >= 11 is 0. The van der Waals surface area contributed by atoms with Gasteiger partial charge in [-0.1, -0.05) is 31.2 Å². The largest absolute Gasteiger partial charge is 0.454 e. The topological polar surface area (TPSA) is 105 Å². The Labute approximate surface area is 175 Å². The predicted molar refractivity (Wildman–Crippen MR) is 114 cm³/mol. The maximum absolute atomic E-state index is 12.6. The Hall–Kier alpha value is -2.97. The molecule has 3 aromatic rings. The van der Waals surface area contributed by atoms with Crippen LogP contribution in [0.5, 0.6) is 0 Å². The number of benzene rings is 2. The van der Waals surface area contributed by atoms with E-state index in [2.05, 4.69) is 9.71 Å². The highest BCUT2D eigenvalue weighted by atomic mass is 32.2. The molecule has 0 amide bonds. The molecule has 0 spiro atoms. The number of ketones is 1. The summed E-state index contributed by atoms with van der Waals surface area (Å²) in [4.78, 5) is 28.1. The molecule has 1 heterocycles. The number of sulfonamides is 1. The van der Waals surface area contributed by atoms with Crippen molar-refractivity contribution in [1.82, 2.24) is 9.71 Å². The number of hydrogen-bond donors (Lipinski definition) is 2. The van der Waals surface area contributed by atoms with Crippen LogP contribution in [-0.4, -0.2) is 37.8 Å². The van der Waals surface area contributed by atoms with Crippen LogP contribution >= 0.6 is 0 Å². The van der Waals surface area contributed by atoms with Gasteiger partial charge in [0.15, 0.2) is 6.61 Å². The minimum atomic E-state index is -3.74. The van der Waals surface area contributed by atoms with Crippen molar-refractivity contribution in [3.05, 3.63) is 65.4 Å². The molecule has 0 aliphatic heterocycles. The van der Waals surface area contributed by atoms with E-state index in [9.17, 15) is 18.0 Å². The van der Waals surface area contributed by atoms with Gasteiger partial charge in [0.2, 0.25) is 15.8 Å². The number of H-pyrrole nitrogens is 1. The monoisotopic (exact) mass is 428 g/mol. The first kappa shape index (κ1) is 21.7. The second kappa shape index (κ2) is 8.81. The van der Waals surface area contributed by atoms with E-state index in [0.29, 0.717) is 5.56 Å². The van der Waals surface area contributed by atoms with Crippen LogP contribution in [-0.2, 0) is 21.2 Å². The van der Waals surface area contributed by atoms with Crippen molar-refractivity contribution in [2.24, 2.45) is 0 Å². The number of carbonyl (C=O) groups is 2. The summed E-state index contributed by atoms with van der Waals surface area (Å²) in [6, 6.07) is 11.0. The maximum Gasteiger partial charge on any atom is 0.338 e. The fourth-order valence-electron chi connectivity index (χ4n) is 3.20. The van der Waals surface area contributed by atoms with Gasteiger partial charge in [0.1, 0.15) is 0 Å². The van der Waals surface area contributed by atoms with E-state index in [4.69, 9.17) is 4.74 Å². The van der Waals surface area contributed by atoms with Gasteiger partial charge < -0.3 is 9.72 Å². The lowest BCUT2D eigenvalue weighted by atomic mass is 10.1. The molecule has 158 valence electrons. The third-order valence-corrected chi connectivity index (χ3v) is 6.24. The average Bonchev–Trinajstić information content (AvgIpc) is 3.15. The van der Waals surface area contributed by atoms with E-state index in [1.807, 2.05) is 25.1 Å². The Kier molecular flexibility index (Phi) is 6.38. The fourth-order valence-corrected chi connectivity index (χ4v) is 4.50. The predicted octanol–water partition coefficient (Wildman–Crippen LogP) is 3.46. The fraction of sp³-hybridized carbons (Fsp3) is 0.273. The summed E-state index contributed by atoms with van der Waals surface area (Å²) in [6.07, 6.45) is 2.44. The number of nitrogens with one attached hydrogen (secondary N) is 2. The number of hydrogen-bond acceptors (Lipinski definition) is 5. The lowest BCUT2D eigenvalue weighted by molar-refractivity contribution is 0.0475. The van der Waals surface area contributed by atoms with Gasteiger partial charge in [-0.3, -0.25) is 4.79 Å². The molecule has 0 aliphatic carbocycles. The number of rotatable bonds is 8. The average molecular weight is 429 g/mol. The first-order chi connectivity index (χ1) is 14.2. The zero-order chi connectivity index (χ0) is 21.9. The van der Waals surface area contributed by atoms with Gasteiger partial charge >= 0.3 is 5.97 Å². The quantitative estimate of drug-likeness (QED) is 0.422. The first-order valence-electron chi connectivity index (χ1n) is 9.64. The second-order valence-electron chi connectivity index (χ2n) is 7.20. The van der Waals surface area contributed by atoms with E-state index in [1.165, 1.54) is 24.3 Å². The zero-order valence-electron chi connectivity index (χ0n) is 17.1. The summed E-state index contributed by atoms with van der Waals surface area (Å²) in [5.41, 5.74) is 2.49. The van der Waals surface area contributed by atoms with Gasteiger partial charge in [0, 0.05) is 28.7 Å². The van der Waals surface area contributed by atoms with Crippen molar-refractivity contribution in [2.75, 3.05) is 6.61 Å². The molecule has 0 saturated carbocycles. The molecule has 1 aromatic heterocycles. The molecule has 3 rings (SSSR count). The molecule has 2 aromatic carbocycles. The lowest BCUT2D eigenvalue weighted by Gasteiger charge is -2.10. The molecule has 0 radical (unpaired) electrons. The van der Waals surface area contributed by atoms with Crippen LogP contribution in [0.15, 0.2) is 53.6 Å². The zero-order valence-corrected chi connectivity index (χ0v) is 17.9. The van der Waals surface area contributed by atoms with E-state index in [1.54, 1.807) is 20.0 Å². The van der Waals surface area contributed by atoms with Gasteiger partial charge in [-0.2, -0.15) is 0 Å². The van der Waals surface area contributed by atoms with Crippen molar-refractivity contribution in [1.29, 1.82) is 0 Å². The summed E-state index contributed by atoms with van der Waals surface area (Å²) in [7, 11) is -3.74. The van der Waals surface area contributed by atoms with E-state index in [0.717, 1.165) is 22.9 Å². The Morgan fingerprint density at radius 2 is 1.87 bits per heavy atom. The number of carbonyl (C=O) groups excluding carboxylic acids is 2. The molecule has 0 bridgehead atoms. The van der Waals surface area contributed by atoms with Crippen molar-refractivity contribution in [3.63, 3.8) is 0 Å². The smallest absolute Gasteiger partial charge is 0.338 e. The third-order valence-electron chi connectivity index (χ3n) is 4.59. The number of Topliss-reactive ketones (excluding diaryl/α,β-unsaturated/α-hetero) is 1. The van der Waals surface area contributed by atoms with Gasteiger partial charge in [0.05, 0.1) is 10.5 Å². The number of fused-ring (bicyclic) bond motifs is 1. The Morgan fingerprint density at radius 1 is 1.13 bits per heavy atom. The van der Waals surface area contributed by atoms with Crippen LogP contribution in [0.25, 0.3) is 10.9 Å². The Morgan fingerprint density at radius 3 is 2.57 bits per heavy atom. The third kappa shape index (κ3) is 4.60. The van der Waals surface area contributed by atoms with E-state index < -0.39 is 22.6 Å². The van der Waals surface area contributed by atoms with Crippen molar-refractivity contribution in [3.8, 4) is 0 Å². The van der Waals surface area contributed by atoms with Crippen molar-refractivity contribution >= 4 is 32.7 Å². The Balaban J connectivity index is 1.73. The molecule has 0 aliphatic rings. The number of aryl methyl sites for hydroxylation is 1. The van der Waals surface area contributed by atoms with Crippen LogP contribution in [0.2, 0.25) is 0 Å². The first-order valence-corrected chi connectivity index (χ1v) is 11.1. The molecule has 2 N–H and O–H groups in total. The number of para-hydroxylation sites is 1. The summed E-state index contributed by atoms with van der Waals surface area (Å²) in [5, 5.41) is 0.781. The van der Waals surface area contributed by atoms with Gasteiger partial charge in [-0.05, 0) is 44.0 Å². The highest BCUT2D eigenvalue weighted by Crippen LogP contribution is 2.23. The summed E-state index contributed by atoms with van der Waals surface area (Å²) in [5.74, 6) is -1.10. The minimum Gasteiger partial charge on any atom is -0.454 e. The van der Waals surface area contributed by atoms with Crippen LogP contribution < -0.4 is 4.72 Å². The standard InChI is InChI=1S/C22H24N2O5S/c1-4-15-7-6-10-18-19(12-23-21(15)18)20(25)13-29-22(26)16-8-5-9-17(11-16)30(27,28)24-14(2)3/h5-12,14,23-24H,4,13H2,1-3H3. The highest BCUT2D eigenvalue weighted by molar-refractivity contribution is 7.89. The molecule has 0 unspecified atom stereocenters. The maximum atomic E-state index is 12.6. The molecular weight excluding hydrogens is 404 g/mol. The lowest BCUT2D eigenvalue weighted by Crippen LogP contribution is -2.30. The number of ether oxygens (including phenoxy) is 1. The van der Waals surface area contributed by atoms with Gasteiger partial charge in [-0.25, -0.2) is 17.9 Å². The normalized spacial score (nSPS) is 11.7. The molecule has 30 heavy (non-hydrogen) atoms.